The molecule has 0 unspecified atom stereocenters. The Morgan fingerprint density at radius 2 is 1.95 bits per heavy atom. The van der Waals surface area contributed by atoms with E-state index in [0.29, 0.717) is 24.5 Å². The fraction of sp³-hybridized carbons (Fsp3) is 0.941. The third kappa shape index (κ3) is 4.19. The van der Waals surface area contributed by atoms with Gasteiger partial charge in [0.15, 0.2) is 0 Å². The zero-order chi connectivity index (χ0) is 15.5. The van der Waals surface area contributed by atoms with Crippen LogP contribution in [0.2, 0.25) is 0 Å². The van der Waals surface area contributed by atoms with Crippen molar-refractivity contribution in [2.45, 2.75) is 77.4 Å². The second-order valence-corrected chi connectivity index (χ2v) is 7.60. The lowest BCUT2D eigenvalue weighted by atomic mass is 9.93. The Morgan fingerprint density at radius 3 is 2.52 bits per heavy atom. The summed E-state index contributed by atoms with van der Waals surface area (Å²) in [6.07, 6.45) is 6.27. The van der Waals surface area contributed by atoms with Crippen molar-refractivity contribution >= 4 is 5.91 Å². The predicted molar refractivity (Wildman–Crippen MR) is 87.4 cm³/mol. The van der Waals surface area contributed by atoms with Gasteiger partial charge in [-0.05, 0) is 40.5 Å². The van der Waals surface area contributed by atoms with E-state index in [1.54, 1.807) is 0 Å². The van der Waals surface area contributed by atoms with E-state index in [1.165, 1.54) is 32.1 Å². The van der Waals surface area contributed by atoms with Crippen LogP contribution in [-0.2, 0) is 4.79 Å². The smallest absolute Gasteiger partial charge is 0.237 e. The molecule has 2 aliphatic rings. The second kappa shape index (κ2) is 7.10. The molecule has 0 atom stereocenters. The Morgan fingerprint density at radius 1 is 1.29 bits per heavy atom. The van der Waals surface area contributed by atoms with Gasteiger partial charge in [-0.3, -0.25) is 9.69 Å². The molecule has 0 radical (unpaired) electrons. The highest BCUT2D eigenvalue weighted by Gasteiger charge is 2.34. The highest BCUT2D eigenvalue weighted by Crippen LogP contribution is 2.25. The summed E-state index contributed by atoms with van der Waals surface area (Å²) in [5.74, 6) is 0.326. The van der Waals surface area contributed by atoms with Crippen LogP contribution in [0.1, 0.15) is 59.8 Å². The first kappa shape index (κ1) is 16.8. The molecule has 2 fully saturated rings. The number of hydrogen-bond donors (Lipinski definition) is 1. The van der Waals surface area contributed by atoms with Gasteiger partial charge in [0.05, 0.1) is 6.54 Å². The maximum atomic E-state index is 12.9. The fourth-order valence-corrected chi connectivity index (χ4v) is 3.83. The van der Waals surface area contributed by atoms with E-state index < -0.39 is 0 Å². The van der Waals surface area contributed by atoms with Crippen LogP contribution in [0.3, 0.4) is 0 Å². The summed E-state index contributed by atoms with van der Waals surface area (Å²) in [4.78, 5) is 17.4. The van der Waals surface area contributed by atoms with Gasteiger partial charge < -0.3 is 10.2 Å². The number of hydrogen-bond acceptors (Lipinski definition) is 3. The van der Waals surface area contributed by atoms with Crippen LogP contribution in [0.5, 0.6) is 0 Å². The first-order valence-corrected chi connectivity index (χ1v) is 8.69. The number of nitrogens with zero attached hydrogens (tertiary/aromatic N) is 2. The lowest BCUT2D eigenvalue weighted by molar-refractivity contribution is -0.139. The normalized spacial score (nSPS) is 24.2. The molecule has 4 heteroatoms. The quantitative estimate of drug-likeness (QED) is 0.864. The van der Waals surface area contributed by atoms with Crippen molar-refractivity contribution in [3.05, 3.63) is 0 Å². The maximum Gasteiger partial charge on any atom is 0.237 e. The monoisotopic (exact) mass is 295 g/mol. The number of nitrogens with one attached hydrogen (secondary N) is 1. The summed E-state index contributed by atoms with van der Waals surface area (Å²) in [5, 5.41) is 3.43. The minimum absolute atomic E-state index is 0.0725. The molecular weight excluding hydrogens is 262 g/mol. The summed E-state index contributed by atoms with van der Waals surface area (Å²) < 4.78 is 0. The molecule has 2 rings (SSSR count). The van der Waals surface area contributed by atoms with Crippen LogP contribution in [0, 0.1) is 0 Å². The minimum atomic E-state index is 0.0725. The molecule has 1 amide bonds. The number of carbonyl (C=O) groups excluding carboxylic acids is 1. The first-order chi connectivity index (χ1) is 9.92. The van der Waals surface area contributed by atoms with E-state index in [1.807, 2.05) is 0 Å². The molecule has 1 aliphatic heterocycles. The lowest BCUT2D eigenvalue weighted by Gasteiger charge is -2.44. The number of carbonyl (C=O) groups is 1. The molecule has 1 saturated carbocycles. The molecule has 4 nitrogen and oxygen atoms in total. The largest absolute Gasteiger partial charge is 0.336 e. The van der Waals surface area contributed by atoms with Crippen molar-refractivity contribution in [3.63, 3.8) is 0 Å². The van der Waals surface area contributed by atoms with E-state index in [0.717, 1.165) is 19.6 Å². The van der Waals surface area contributed by atoms with Crippen LogP contribution in [0.4, 0.5) is 0 Å². The third-order valence-electron chi connectivity index (χ3n) is 5.11. The van der Waals surface area contributed by atoms with Gasteiger partial charge in [0.25, 0.3) is 0 Å². The molecule has 122 valence electrons. The van der Waals surface area contributed by atoms with Crippen molar-refractivity contribution in [1.82, 2.24) is 15.1 Å². The Hall–Kier alpha value is -0.610. The van der Waals surface area contributed by atoms with Crippen molar-refractivity contribution < 1.29 is 4.79 Å². The molecule has 0 aromatic rings. The topological polar surface area (TPSA) is 35.6 Å². The van der Waals surface area contributed by atoms with Crippen molar-refractivity contribution in [2.24, 2.45) is 0 Å². The summed E-state index contributed by atoms with van der Waals surface area (Å²) in [6.45, 7) is 12.3. The Labute approximate surface area is 130 Å². The van der Waals surface area contributed by atoms with Gasteiger partial charge in [-0.1, -0.05) is 19.3 Å². The maximum absolute atomic E-state index is 12.9. The zero-order valence-corrected chi connectivity index (χ0v) is 14.3. The van der Waals surface area contributed by atoms with Gasteiger partial charge in [-0.15, -0.1) is 0 Å². The Kier molecular flexibility index (Phi) is 5.67. The van der Waals surface area contributed by atoms with Crippen molar-refractivity contribution in [1.29, 1.82) is 0 Å². The van der Waals surface area contributed by atoms with Crippen LogP contribution < -0.4 is 5.32 Å². The highest BCUT2D eigenvalue weighted by atomic mass is 16.2. The molecule has 1 heterocycles. The molecule has 0 spiro atoms. The summed E-state index contributed by atoms with van der Waals surface area (Å²) >= 11 is 0. The molecular formula is C17H33N3O. The van der Waals surface area contributed by atoms with Crippen LogP contribution in [0.25, 0.3) is 0 Å². The van der Waals surface area contributed by atoms with Gasteiger partial charge in [0, 0.05) is 37.3 Å². The van der Waals surface area contributed by atoms with E-state index in [4.69, 9.17) is 0 Å². The molecule has 1 N–H and O–H groups in total. The van der Waals surface area contributed by atoms with Gasteiger partial charge in [0.2, 0.25) is 5.91 Å². The highest BCUT2D eigenvalue weighted by molar-refractivity contribution is 5.79. The molecule has 0 aromatic carbocycles. The van der Waals surface area contributed by atoms with Gasteiger partial charge in [0.1, 0.15) is 0 Å². The van der Waals surface area contributed by atoms with Crippen molar-refractivity contribution in [2.75, 3.05) is 26.2 Å². The number of piperazine rings is 1. The fourth-order valence-electron chi connectivity index (χ4n) is 3.83. The number of rotatable bonds is 4. The van der Waals surface area contributed by atoms with Crippen LogP contribution >= 0.6 is 0 Å². The van der Waals surface area contributed by atoms with Crippen LogP contribution in [-0.4, -0.2) is 59.5 Å². The third-order valence-corrected chi connectivity index (χ3v) is 5.11. The molecule has 0 aromatic heterocycles. The average molecular weight is 295 g/mol. The number of amides is 1. The standard InChI is InChI=1S/C17H33N3O/c1-14(2)20(15-8-6-5-7-9-15)16(21)12-19-11-10-18-13-17(19,3)4/h14-15,18H,5-13H2,1-4H3. The summed E-state index contributed by atoms with van der Waals surface area (Å²) in [5.41, 5.74) is 0.0725. The summed E-state index contributed by atoms with van der Waals surface area (Å²) in [6, 6.07) is 0.781. The van der Waals surface area contributed by atoms with Gasteiger partial charge >= 0.3 is 0 Å². The second-order valence-electron chi connectivity index (χ2n) is 7.60. The minimum Gasteiger partial charge on any atom is -0.336 e. The van der Waals surface area contributed by atoms with Gasteiger partial charge in [-0.2, -0.15) is 0 Å². The molecule has 0 bridgehead atoms. The summed E-state index contributed by atoms with van der Waals surface area (Å²) in [7, 11) is 0. The van der Waals surface area contributed by atoms with Crippen LogP contribution in [0.15, 0.2) is 0 Å². The average Bonchev–Trinajstić information content (AvgIpc) is 2.42. The van der Waals surface area contributed by atoms with Crippen molar-refractivity contribution in [3.8, 4) is 0 Å². The first-order valence-electron chi connectivity index (χ1n) is 8.69. The molecule has 1 aliphatic carbocycles. The van der Waals surface area contributed by atoms with E-state index in [2.05, 4.69) is 42.8 Å². The molecule has 1 saturated heterocycles. The van der Waals surface area contributed by atoms with E-state index in [9.17, 15) is 4.79 Å². The SMILES string of the molecule is CC(C)N(C(=O)CN1CCNCC1(C)C)C1CCCCC1. The van der Waals surface area contributed by atoms with Gasteiger partial charge in [-0.25, -0.2) is 0 Å². The predicted octanol–water partition coefficient (Wildman–Crippen LogP) is 2.24. The zero-order valence-electron chi connectivity index (χ0n) is 14.3. The molecule has 21 heavy (non-hydrogen) atoms. The van der Waals surface area contributed by atoms with E-state index in [-0.39, 0.29) is 5.54 Å². The lowest BCUT2D eigenvalue weighted by Crippen LogP contribution is -2.61. The van der Waals surface area contributed by atoms with E-state index >= 15 is 0 Å². The Bertz CT molecular complexity index is 348. The Balaban J connectivity index is 2.01.